The van der Waals surface area contributed by atoms with Crippen LogP contribution in [-0.4, -0.2) is 12.6 Å². The Morgan fingerprint density at radius 3 is 2.72 bits per heavy atom. The second kappa shape index (κ2) is 5.44. The monoisotopic (exact) mass is 243 g/mol. The smallest absolute Gasteiger partial charge is 0.0111 e. The van der Waals surface area contributed by atoms with E-state index in [1.807, 2.05) is 0 Å². The predicted octanol–water partition coefficient (Wildman–Crippen LogP) is 3.57. The van der Waals surface area contributed by atoms with E-state index >= 15 is 0 Å². The first kappa shape index (κ1) is 12.2. The molecule has 3 rings (SSSR count). The van der Waals surface area contributed by atoms with Gasteiger partial charge in [-0.1, -0.05) is 37.6 Å². The van der Waals surface area contributed by atoms with E-state index in [9.17, 15) is 0 Å². The molecule has 98 valence electrons. The average Bonchev–Trinajstić information content (AvgIpc) is 2.82. The van der Waals surface area contributed by atoms with Gasteiger partial charge >= 0.3 is 0 Å². The fourth-order valence-corrected chi connectivity index (χ4v) is 3.72. The molecule has 3 atom stereocenters. The minimum Gasteiger partial charge on any atom is -0.313 e. The molecule has 1 saturated carbocycles. The highest BCUT2D eigenvalue weighted by atomic mass is 14.9. The maximum atomic E-state index is 3.82. The Morgan fingerprint density at radius 2 is 1.94 bits per heavy atom. The summed E-state index contributed by atoms with van der Waals surface area (Å²) in [5.74, 6) is 1.90. The molecule has 0 aliphatic heterocycles. The van der Waals surface area contributed by atoms with E-state index in [0.29, 0.717) is 0 Å². The highest BCUT2D eigenvalue weighted by Crippen LogP contribution is 2.30. The zero-order chi connectivity index (χ0) is 12.4. The molecule has 1 N–H and O–H groups in total. The number of benzene rings is 1. The van der Waals surface area contributed by atoms with Gasteiger partial charge in [-0.2, -0.15) is 0 Å². The minimum atomic E-state index is 0.718. The van der Waals surface area contributed by atoms with Gasteiger partial charge in [0.2, 0.25) is 0 Å². The SMILES string of the molecule is CC1CCC(CNC2CCc3ccccc3C2)C1. The summed E-state index contributed by atoms with van der Waals surface area (Å²) < 4.78 is 0. The Bertz CT molecular complexity index is 398. The molecule has 1 heteroatoms. The van der Waals surface area contributed by atoms with E-state index in [-0.39, 0.29) is 0 Å². The van der Waals surface area contributed by atoms with Crippen LogP contribution in [0, 0.1) is 11.8 Å². The maximum Gasteiger partial charge on any atom is 0.0111 e. The van der Waals surface area contributed by atoms with Gasteiger partial charge < -0.3 is 5.32 Å². The van der Waals surface area contributed by atoms with Crippen molar-refractivity contribution in [2.75, 3.05) is 6.54 Å². The van der Waals surface area contributed by atoms with Crippen molar-refractivity contribution < 1.29 is 0 Å². The molecule has 2 aliphatic rings. The second-order valence-corrected chi connectivity index (χ2v) is 6.40. The van der Waals surface area contributed by atoms with Crippen LogP contribution in [0.5, 0.6) is 0 Å². The number of hydrogen-bond donors (Lipinski definition) is 1. The molecule has 0 heterocycles. The molecule has 2 aliphatic carbocycles. The van der Waals surface area contributed by atoms with E-state index < -0.39 is 0 Å². The van der Waals surface area contributed by atoms with E-state index in [1.165, 1.54) is 45.1 Å². The van der Waals surface area contributed by atoms with Crippen LogP contribution in [-0.2, 0) is 12.8 Å². The lowest BCUT2D eigenvalue weighted by Gasteiger charge is -2.26. The van der Waals surface area contributed by atoms with Gasteiger partial charge in [0.05, 0.1) is 0 Å². The third-order valence-electron chi connectivity index (χ3n) is 4.85. The first-order chi connectivity index (χ1) is 8.81. The molecular weight excluding hydrogens is 218 g/mol. The minimum absolute atomic E-state index is 0.718. The molecule has 1 aromatic rings. The molecule has 0 amide bonds. The fourth-order valence-electron chi connectivity index (χ4n) is 3.72. The highest BCUT2D eigenvalue weighted by Gasteiger charge is 2.23. The largest absolute Gasteiger partial charge is 0.313 e. The summed E-state index contributed by atoms with van der Waals surface area (Å²) in [4.78, 5) is 0. The predicted molar refractivity (Wildman–Crippen MR) is 76.8 cm³/mol. The van der Waals surface area contributed by atoms with E-state index in [4.69, 9.17) is 0 Å². The van der Waals surface area contributed by atoms with Gasteiger partial charge in [0.25, 0.3) is 0 Å². The molecule has 0 bridgehead atoms. The molecule has 1 nitrogen and oxygen atoms in total. The van der Waals surface area contributed by atoms with Crippen LogP contribution in [0.25, 0.3) is 0 Å². The van der Waals surface area contributed by atoms with Gasteiger partial charge in [-0.25, -0.2) is 0 Å². The standard InChI is InChI=1S/C17H25N/c1-13-6-7-14(10-13)12-18-17-9-8-15-4-2-3-5-16(15)11-17/h2-5,13-14,17-18H,6-12H2,1H3. The van der Waals surface area contributed by atoms with Crippen molar-refractivity contribution in [1.82, 2.24) is 5.32 Å². The van der Waals surface area contributed by atoms with Crippen molar-refractivity contribution >= 4 is 0 Å². The lowest BCUT2D eigenvalue weighted by atomic mass is 9.88. The van der Waals surface area contributed by atoms with Gasteiger partial charge in [-0.05, 0) is 61.6 Å². The molecule has 1 fully saturated rings. The zero-order valence-electron chi connectivity index (χ0n) is 11.5. The Hall–Kier alpha value is -0.820. The molecule has 0 saturated heterocycles. The van der Waals surface area contributed by atoms with Crippen molar-refractivity contribution in [3.05, 3.63) is 35.4 Å². The zero-order valence-corrected chi connectivity index (χ0v) is 11.5. The summed E-state index contributed by atoms with van der Waals surface area (Å²) in [6.45, 7) is 3.65. The van der Waals surface area contributed by atoms with Crippen LogP contribution in [0.1, 0.15) is 43.7 Å². The summed E-state index contributed by atoms with van der Waals surface area (Å²) >= 11 is 0. The third kappa shape index (κ3) is 2.77. The second-order valence-electron chi connectivity index (χ2n) is 6.40. The van der Waals surface area contributed by atoms with Crippen LogP contribution in [0.15, 0.2) is 24.3 Å². The maximum absolute atomic E-state index is 3.82. The highest BCUT2D eigenvalue weighted by molar-refractivity contribution is 5.30. The van der Waals surface area contributed by atoms with Crippen LogP contribution in [0.4, 0.5) is 0 Å². The molecule has 3 unspecified atom stereocenters. The number of rotatable bonds is 3. The van der Waals surface area contributed by atoms with Crippen LogP contribution >= 0.6 is 0 Å². The average molecular weight is 243 g/mol. The number of fused-ring (bicyclic) bond motifs is 1. The Balaban J connectivity index is 1.51. The van der Waals surface area contributed by atoms with Gasteiger partial charge in [0, 0.05) is 6.04 Å². The van der Waals surface area contributed by atoms with Crippen LogP contribution in [0.2, 0.25) is 0 Å². The molecular formula is C17H25N. The first-order valence-electron chi connectivity index (χ1n) is 7.61. The van der Waals surface area contributed by atoms with Crippen LogP contribution in [0.3, 0.4) is 0 Å². The number of hydrogen-bond acceptors (Lipinski definition) is 1. The quantitative estimate of drug-likeness (QED) is 0.856. The van der Waals surface area contributed by atoms with Gasteiger partial charge in [-0.15, -0.1) is 0 Å². The molecule has 0 radical (unpaired) electrons. The molecule has 0 spiro atoms. The summed E-state index contributed by atoms with van der Waals surface area (Å²) in [6.07, 6.45) is 8.14. The van der Waals surface area contributed by atoms with E-state index in [1.54, 1.807) is 11.1 Å². The van der Waals surface area contributed by atoms with E-state index in [2.05, 4.69) is 36.5 Å². The lowest BCUT2D eigenvalue weighted by molar-refractivity contribution is 0.396. The topological polar surface area (TPSA) is 12.0 Å². The lowest BCUT2D eigenvalue weighted by Crippen LogP contribution is -2.37. The van der Waals surface area contributed by atoms with Gasteiger partial charge in [0.1, 0.15) is 0 Å². The van der Waals surface area contributed by atoms with Crippen molar-refractivity contribution in [3.63, 3.8) is 0 Å². The summed E-state index contributed by atoms with van der Waals surface area (Å²) in [5.41, 5.74) is 3.14. The third-order valence-corrected chi connectivity index (χ3v) is 4.85. The van der Waals surface area contributed by atoms with Crippen molar-refractivity contribution in [3.8, 4) is 0 Å². The fraction of sp³-hybridized carbons (Fsp3) is 0.647. The van der Waals surface area contributed by atoms with Crippen LogP contribution < -0.4 is 5.32 Å². The Labute approximate surface area is 111 Å². The molecule has 1 aromatic carbocycles. The first-order valence-corrected chi connectivity index (χ1v) is 7.61. The van der Waals surface area contributed by atoms with Gasteiger partial charge in [0.15, 0.2) is 0 Å². The number of aryl methyl sites for hydroxylation is 1. The van der Waals surface area contributed by atoms with Crippen molar-refractivity contribution in [2.45, 2.75) is 51.5 Å². The Morgan fingerprint density at radius 1 is 1.11 bits per heavy atom. The molecule has 0 aromatic heterocycles. The Kier molecular flexibility index (Phi) is 3.69. The normalized spacial score (nSPS) is 31.3. The summed E-state index contributed by atoms with van der Waals surface area (Å²) in [6, 6.07) is 9.67. The van der Waals surface area contributed by atoms with Crippen molar-refractivity contribution in [1.29, 1.82) is 0 Å². The van der Waals surface area contributed by atoms with Crippen molar-refractivity contribution in [2.24, 2.45) is 11.8 Å². The molecule has 18 heavy (non-hydrogen) atoms. The number of nitrogens with one attached hydrogen (secondary N) is 1. The summed E-state index contributed by atoms with van der Waals surface area (Å²) in [5, 5.41) is 3.82. The van der Waals surface area contributed by atoms with Gasteiger partial charge in [-0.3, -0.25) is 0 Å². The summed E-state index contributed by atoms with van der Waals surface area (Å²) in [7, 11) is 0. The van der Waals surface area contributed by atoms with E-state index in [0.717, 1.165) is 17.9 Å².